The van der Waals surface area contributed by atoms with E-state index in [1.54, 1.807) is 14.2 Å². The SMILES string of the molecule is COc1ccccc1C(C#N)CN1CCN(c2ccccc2OC)CC1.Cl.Cl. The van der Waals surface area contributed by atoms with E-state index in [1.807, 2.05) is 42.5 Å². The summed E-state index contributed by atoms with van der Waals surface area (Å²) in [5.74, 6) is 1.50. The molecule has 0 saturated carbocycles. The molecule has 1 aliphatic heterocycles. The standard InChI is InChI=1S/C21H25N3O2.2ClH/c1-25-20-9-5-3-7-18(20)17(15-22)16-23-11-13-24(14-12-23)19-8-4-6-10-21(19)26-2;;/h3-10,17H,11-14,16H2,1-2H3;2*1H. The smallest absolute Gasteiger partial charge is 0.142 e. The predicted molar refractivity (Wildman–Crippen MR) is 117 cm³/mol. The zero-order valence-electron chi connectivity index (χ0n) is 16.2. The van der Waals surface area contributed by atoms with E-state index in [9.17, 15) is 5.26 Å². The number of methoxy groups -OCH3 is 2. The maximum Gasteiger partial charge on any atom is 0.142 e. The number of halogens is 2. The second-order valence-corrected chi connectivity index (χ2v) is 6.38. The number of para-hydroxylation sites is 3. The molecule has 1 atom stereocenters. The average Bonchev–Trinajstić information content (AvgIpc) is 2.72. The Kier molecular flexibility index (Phi) is 9.95. The van der Waals surface area contributed by atoms with Crippen molar-refractivity contribution in [3.63, 3.8) is 0 Å². The van der Waals surface area contributed by atoms with E-state index in [2.05, 4.69) is 21.9 Å². The summed E-state index contributed by atoms with van der Waals surface area (Å²) < 4.78 is 10.9. The molecule has 28 heavy (non-hydrogen) atoms. The van der Waals surface area contributed by atoms with Crippen LogP contribution in [0.25, 0.3) is 0 Å². The number of piperazine rings is 1. The monoisotopic (exact) mass is 423 g/mol. The molecular formula is C21H27Cl2N3O2. The Labute approximate surface area is 179 Å². The number of nitriles is 1. The number of benzene rings is 2. The molecule has 1 saturated heterocycles. The fourth-order valence-corrected chi connectivity index (χ4v) is 3.48. The molecule has 1 heterocycles. The van der Waals surface area contributed by atoms with Gasteiger partial charge in [-0.05, 0) is 18.2 Å². The van der Waals surface area contributed by atoms with Crippen molar-refractivity contribution < 1.29 is 9.47 Å². The molecule has 5 nitrogen and oxygen atoms in total. The topological polar surface area (TPSA) is 48.7 Å². The third-order valence-corrected chi connectivity index (χ3v) is 4.91. The highest BCUT2D eigenvalue weighted by molar-refractivity contribution is 5.85. The third kappa shape index (κ3) is 5.45. The molecular weight excluding hydrogens is 397 g/mol. The molecule has 2 aromatic carbocycles. The van der Waals surface area contributed by atoms with Gasteiger partial charge in [0, 0.05) is 38.3 Å². The second kappa shape index (κ2) is 11.7. The Morgan fingerprint density at radius 2 is 1.46 bits per heavy atom. The third-order valence-electron chi connectivity index (χ3n) is 4.91. The van der Waals surface area contributed by atoms with E-state index >= 15 is 0 Å². The molecule has 3 rings (SSSR count). The van der Waals surface area contributed by atoms with Crippen LogP contribution in [0.5, 0.6) is 11.5 Å². The molecule has 0 aromatic heterocycles. The van der Waals surface area contributed by atoms with Crippen molar-refractivity contribution in [2.24, 2.45) is 0 Å². The van der Waals surface area contributed by atoms with Crippen molar-refractivity contribution >= 4 is 30.5 Å². The van der Waals surface area contributed by atoms with Crippen LogP contribution in [0.15, 0.2) is 48.5 Å². The minimum Gasteiger partial charge on any atom is -0.496 e. The lowest BCUT2D eigenvalue weighted by Crippen LogP contribution is -2.47. The van der Waals surface area contributed by atoms with Crippen molar-refractivity contribution in [1.29, 1.82) is 5.26 Å². The summed E-state index contributed by atoms with van der Waals surface area (Å²) in [5, 5.41) is 9.67. The van der Waals surface area contributed by atoms with Gasteiger partial charge in [-0.2, -0.15) is 5.26 Å². The van der Waals surface area contributed by atoms with Gasteiger partial charge in [-0.25, -0.2) is 0 Å². The summed E-state index contributed by atoms with van der Waals surface area (Å²) in [4.78, 5) is 4.70. The van der Waals surface area contributed by atoms with Gasteiger partial charge in [-0.3, -0.25) is 4.90 Å². The predicted octanol–water partition coefficient (Wildman–Crippen LogP) is 3.98. The van der Waals surface area contributed by atoms with Gasteiger partial charge in [-0.1, -0.05) is 30.3 Å². The lowest BCUT2D eigenvalue weighted by molar-refractivity contribution is 0.251. The Morgan fingerprint density at radius 1 is 0.893 bits per heavy atom. The molecule has 0 N–H and O–H groups in total. The molecule has 1 unspecified atom stereocenters. The summed E-state index contributed by atoms with van der Waals surface area (Å²) >= 11 is 0. The Balaban J connectivity index is 0.00000196. The number of hydrogen-bond acceptors (Lipinski definition) is 5. The molecule has 1 aliphatic rings. The molecule has 0 bridgehead atoms. The Hall–Kier alpha value is -2.13. The molecule has 0 radical (unpaired) electrons. The summed E-state index contributed by atoms with van der Waals surface area (Å²) in [6, 6.07) is 18.4. The first-order chi connectivity index (χ1) is 12.8. The van der Waals surface area contributed by atoms with Gasteiger partial charge < -0.3 is 14.4 Å². The van der Waals surface area contributed by atoms with Crippen LogP contribution in [0.4, 0.5) is 5.69 Å². The van der Waals surface area contributed by atoms with Crippen molar-refractivity contribution in [1.82, 2.24) is 4.90 Å². The van der Waals surface area contributed by atoms with Gasteiger partial charge in [0.05, 0.1) is 31.9 Å². The van der Waals surface area contributed by atoms with E-state index in [-0.39, 0.29) is 30.7 Å². The fourth-order valence-electron chi connectivity index (χ4n) is 3.48. The van der Waals surface area contributed by atoms with Crippen LogP contribution in [0.2, 0.25) is 0 Å². The van der Waals surface area contributed by atoms with Gasteiger partial charge in [-0.15, -0.1) is 24.8 Å². The molecule has 7 heteroatoms. The fraction of sp³-hybridized carbons (Fsp3) is 0.381. The summed E-state index contributed by atoms with van der Waals surface area (Å²) in [6.45, 7) is 4.41. The number of hydrogen-bond donors (Lipinski definition) is 0. The van der Waals surface area contributed by atoms with Crippen LogP contribution in [-0.4, -0.2) is 51.8 Å². The highest BCUT2D eigenvalue weighted by Gasteiger charge is 2.24. The zero-order valence-corrected chi connectivity index (χ0v) is 17.8. The van der Waals surface area contributed by atoms with E-state index in [0.717, 1.165) is 55.5 Å². The van der Waals surface area contributed by atoms with Crippen LogP contribution in [-0.2, 0) is 0 Å². The summed E-state index contributed by atoms with van der Waals surface area (Å²) in [5.41, 5.74) is 2.10. The van der Waals surface area contributed by atoms with Crippen molar-refractivity contribution in [2.45, 2.75) is 5.92 Å². The van der Waals surface area contributed by atoms with Crippen molar-refractivity contribution in [3.8, 4) is 17.6 Å². The maximum atomic E-state index is 9.67. The zero-order chi connectivity index (χ0) is 18.4. The Bertz CT molecular complexity index is 774. The average molecular weight is 424 g/mol. The van der Waals surface area contributed by atoms with Crippen LogP contribution in [0.3, 0.4) is 0 Å². The van der Waals surface area contributed by atoms with Crippen LogP contribution >= 0.6 is 24.8 Å². The number of ether oxygens (including phenoxy) is 2. The number of nitrogens with zero attached hydrogens (tertiary/aromatic N) is 3. The summed E-state index contributed by atoms with van der Waals surface area (Å²) in [6.07, 6.45) is 0. The minimum absolute atomic E-state index is 0. The van der Waals surface area contributed by atoms with Gasteiger partial charge >= 0.3 is 0 Å². The van der Waals surface area contributed by atoms with Gasteiger partial charge in [0.1, 0.15) is 11.5 Å². The first kappa shape index (κ1) is 23.9. The van der Waals surface area contributed by atoms with Crippen molar-refractivity contribution in [2.75, 3.05) is 51.8 Å². The molecule has 0 aliphatic carbocycles. The van der Waals surface area contributed by atoms with Crippen LogP contribution in [0.1, 0.15) is 11.5 Å². The number of anilines is 1. The quantitative estimate of drug-likeness (QED) is 0.702. The van der Waals surface area contributed by atoms with E-state index in [4.69, 9.17) is 9.47 Å². The normalized spacial score (nSPS) is 14.8. The van der Waals surface area contributed by atoms with E-state index < -0.39 is 0 Å². The van der Waals surface area contributed by atoms with Crippen LogP contribution < -0.4 is 14.4 Å². The lowest BCUT2D eigenvalue weighted by atomic mass is 9.98. The van der Waals surface area contributed by atoms with Crippen molar-refractivity contribution in [3.05, 3.63) is 54.1 Å². The lowest BCUT2D eigenvalue weighted by Gasteiger charge is -2.37. The summed E-state index contributed by atoms with van der Waals surface area (Å²) in [7, 11) is 3.36. The van der Waals surface area contributed by atoms with Gasteiger partial charge in [0.25, 0.3) is 0 Å². The molecule has 0 spiro atoms. The molecule has 1 fully saturated rings. The maximum absolute atomic E-state index is 9.67. The van der Waals surface area contributed by atoms with Gasteiger partial charge in [0.15, 0.2) is 0 Å². The molecule has 152 valence electrons. The largest absolute Gasteiger partial charge is 0.496 e. The second-order valence-electron chi connectivity index (χ2n) is 6.38. The highest BCUT2D eigenvalue weighted by Crippen LogP contribution is 2.30. The van der Waals surface area contributed by atoms with E-state index in [1.165, 1.54) is 0 Å². The molecule has 2 aromatic rings. The minimum atomic E-state index is -0.191. The first-order valence-electron chi connectivity index (χ1n) is 8.89. The Morgan fingerprint density at radius 3 is 2.07 bits per heavy atom. The number of rotatable bonds is 6. The van der Waals surface area contributed by atoms with E-state index in [0.29, 0.717) is 0 Å². The first-order valence-corrected chi connectivity index (χ1v) is 8.89. The highest BCUT2D eigenvalue weighted by atomic mass is 35.5. The van der Waals surface area contributed by atoms with Crippen LogP contribution in [0, 0.1) is 11.3 Å². The molecule has 0 amide bonds. The van der Waals surface area contributed by atoms with Gasteiger partial charge in [0.2, 0.25) is 0 Å².